The third kappa shape index (κ3) is 2.12. The van der Waals surface area contributed by atoms with E-state index in [0.29, 0.717) is 31.2 Å². The van der Waals surface area contributed by atoms with E-state index in [2.05, 4.69) is 18.7 Å². The van der Waals surface area contributed by atoms with Gasteiger partial charge in [0.15, 0.2) is 0 Å². The zero-order valence-corrected chi connectivity index (χ0v) is 12.5. The average molecular weight is 290 g/mol. The lowest BCUT2D eigenvalue weighted by atomic mass is 9.97. The van der Waals surface area contributed by atoms with Gasteiger partial charge in [0.25, 0.3) is 0 Å². The van der Waals surface area contributed by atoms with Crippen LogP contribution in [0.4, 0.5) is 0 Å². The highest BCUT2D eigenvalue weighted by atomic mass is 16.4. The van der Waals surface area contributed by atoms with Crippen LogP contribution in [0.25, 0.3) is 0 Å². The fourth-order valence-corrected chi connectivity index (χ4v) is 3.94. The van der Waals surface area contributed by atoms with E-state index in [-0.39, 0.29) is 6.04 Å². The SMILES string of the molecule is Cc1ccc(O)c2c1C(C)CC2N1CCC(N)(C(=O)O)C1. The Balaban J connectivity index is 1.95. The molecule has 1 fully saturated rings. The second kappa shape index (κ2) is 4.71. The second-order valence-electron chi connectivity index (χ2n) is 6.56. The van der Waals surface area contributed by atoms with Crippen LogP contribution in [0.2, 0.25) is 0 Å². The number of phenolic OH excluding ortho intramolecular Hbond substituents is 1. The zero-order valence-electron chi connectivity index (χ0n) is 12.5. The predicted molar refractivity (Wildman–Crippen MR) is 79.4 cm³/mol. The van der Waals surface area contributed by atoms with Gasteiger partial charge in [-0.1, -0.05) is 13.0 Å². The van der Waals surface area contributed by atoms with Gasteiger partial charge in [0.05, 0.1) is 0 Å². The molecule has 1 aliphatic carbocycles. The number of aliphatic carboxylic acids is 1. The topological polar surface area (TPSA) is 86.8 Å². The summed E-state index contributed by atoms with van der Waals surface area (Å²) >= 11 is 0. The molecule has 1 aliphatic heterocycles. The van der Waals surface area contributed by atoms with Crippen LogP contribution in [-0.2, 0) is 4.79 Å². The van der Waals surface area contributed by atoms with Crippen molar-refractivity contribution in [3.63, 3.8) is 0 Å². The van der Waals surface area contributed by atoms with Crippen molar-refractivity contribution in [2.75, 3.05) is 13.1 Å². The van der Waals surface area contributed by atoms with Gasteiger partial charge in [0.1, 0.15) is 11.3 Å². The fraction of sp³-hybridized carbons (Fsp3) is 0.562. The normalized spacial score (nSPS) is 32.3. The number of aromatic hydroxyl groups is 1. The number of aryl methyl sites for hydroxylation is 1. The van der Waals surface area contributed by atoms with Gasteiger partial charge in [0.2, 0.25) is 0 Å². The number of hydrogen-bond donors (Lipinski definition) is 3. The van der Waals surface area contributed by atoms with Gasteiger partial charge in [-0.15, -0.1) is 0 Å². The molecule has 2 aliphatic rings. The molecule has 0 amide bonds. The van der Waals surface area contributed by atoms with Gasteiger partial charge >= 0.3 is 5.97 Å². The van der Waals surface area contributed by atoms with Crippen LogP contribution in [0, 0.1) is 6.92 Å². The summed E-state index contributed by atoms with van der Waals surface area (Å²) in [6, 6.07) is 3.75. The minimum absolute atomic E-state index is 0.0691. The average Bonchev–Trinajstić information content (AvgIpc) is 2.97. The van der Waals surface area contributed by atoms with Crippen molar-refractivity contribution >= 4 is 5.97 Å². The molecular weight excluding hydrogens is 268 g/mol. The van der Waals surface area contributed by atoms with Gasteiger partial charge in [-0.3, -0.25) is 9.69 Å². The summed E-state index contributed by atoms with van der Waals surface area (Å²) in [7, 11) is 0. The van der Waals surface area contributed by atoms with Crippen LogP contribution in [0.3, 0.4) is 0 Å². The van der Waals surface area contributed by atoms with Crippen LogP contribution < -0.4 is 5.73 Å². The molecule has 3 rings (SSSR count). The molecule has 1 aromatic carbocycles. The maximum absolute atomic E-state index is 11.3. The summed E-state index contributed by atoms with van der Waals surface area (Å²) in [6.07, 6.45) is 1.36. The Morgan fingerprint density at radius 2 is 2.14 bits per heavy atom. The highest BCUT2D eigenvalue weighted by molar-refractivity contribution is 5.79. The predicted octanol–water partition coefficient (Wildman–Crippen LogP) is 1.74. The maximum Gasteiger partial charge on any atom is 0.325 e. The van der Waals surface area contributed by atoms with Gasteiger partial charge in [-0.2, -0.15) is 0 Å². The number of likely N-dealkylation sites (tertiary alicyclic amines) is 1. The lowest BCUT2D eigenvalue weighted by Crippen LogP contribution is -2.50. The van der Waals surface area contributed by atoms with Crippen molar-refractivity contribution in [3.05, 3.63) is 28.8 Å². The smallest absolute Gasteiger partial charge is 0.325 e. The molecule has 0 bridgehead atoms. The highest BCUT2D eigenvalue weighted by Gasteiger charge is 2.46. The molecule has 1 saturated heterocycles. The van der Waals surface area contributed by atoms with Gasteiger partial charge in [-0.25, -0.2) is 0 Å². The van der Waals surface area contributed by atoms with E-state index in [1.165, 1.54) is 11.1 Å². The quantitative estimate of drug-likeness (QED) is 0.772. The van der Waals surface area contributed by atoms with Crippen LogP contribution in [0.15, 0.2) is 12.1 Å². The van der Waals surface area contributed by atoms with Gasteiger partial charge in [-0.05, 0) is 42.9 Å². The van der Waals surface area contributed by atoms with E-state index in [9.17, 15) is 15.0 Å². The van der Waals surface area contributed by atoms with Crippen LogP contribution in [0.1, 0.15) is 48.4 Å². The van der Waals surface area contributed by atoms with E-state index < -0.39 is 11.5 Å². The molecule has 3 unspecified atom stereocenters. The number of nitrogens with two attached hydrogens (primary N) is 1. The summed E-state index contributed by atoms with van der Waals surface area (Å²) in [5.74, 6) is -0.255. The largest absolute Gasteiger partial charge is 0.508 e. The van der Waals surface area contributed by atoms with E-state index >= 15 is 0 Å². The first-order valence-electron chi connectivity index (χ1n) is 7.42. The van der Waals surface area contributed by atoms with Gasteiger partial charge in [0, 0.05) is 24.7 Å². The summed E-state index contributed by atoms with van der Waals surface area (Å²) < 4.78 is 0. The van der Waals surface area contributed by atoms with Crippen molar-refractivity contribution in [2.45, 2.75) is 44.2 Å². The number of rotatable bonds is 2. The van der Waals surface area contributed by atoms with Crippen LogP contribution >= 0.6 is 0 Å². The molecule has 5 nitrogen and oxygen atoms in total. The molecule has 4 N–H and O–H groups in total. The molecular formula is C16H22N2O3. The maximum atomic E-state index is 11.3. The number of carboxylic acid groups (broad SMARTS) is 1. The Kier molecular flexibility index (Phi) is 3.22. The Hall–Kier alpha value is -1.59. The van der Waals surface area contributed by atoms with E-state index in [1.54, 1.807) is 6.07 Å². The first-order valence-corrected chi connectivity index (χ1v) is 7.42. The lowest BCUT2D eigenvalue weighted by Gasteiger charge is -2.27. The van der Waals surface area contributed by atoms with Crippen LogP contribution in [0.5, 0.6) is 5.75 Å². The first-order chi connectivity index (χ1) is 9.83. The molecule has 5 heteroatoms. The van der Waals surface area contributed by atoms with Crippen molar-refractivity contribution in [1.82, 2.24) is 4.90 Å². The standard InChI is InChI=1S/C16H22N2O3/c1-9-3-4-12(19)14-11(7-10(2)13(9)14)18-6-5-16(17,8-18)15(20)21/h3-4,10-11,19H,5-8,17H2,1-2H3,(H,20,21). The molecule has 1 heterocycles. The number of benzene rings is 1. The molecule has 0 aromatic heterocycles. The summed E-state index contributed by atoms with van der Waals surface area (Å²) in [6.45, 7) is 5.22. The minimum Gasteiger partial charge on any atom is -0.508 e. The van der Waals surface area contributed by atoms with E-state index in [4.69, 9.17) is 5.73 Å². The van der Waals surface area contributed by atoms with Crippen molar-refractivity contribution in [2.24, 2.45) is 5.73 Å². The number of fused-ring (bicyclic) bond motifs is 1. The molecule has 0 spiro atoms. The number of carboxylic acids is 1. The molecule has 114 valence electrons. The Morgan fingerprint density at radius 3 is 2.76 bits per heavy atom. The summed E-state index contributed by atoms with van der Waals surface area (Å²) in [5, 5.41) is 19.5. The Morgan fingerprint density at radius 1 is 1.43 bits per heavy atom. The third-order valence-electron chi connectivity index (χ3n) is 5.08. The summed E-state index contributed by atoms with van der Waals surface area (Å²) in [4.78, 5) is 13.4. The fourth-order valence-electron chi connectivity index (χ4n) is 3.94. The zero-order chi connectivity index (χ0) is 15.4. The molecule has 0 radical (unpaired) electrons. The van der Waals surface area contributed by atoms with E-state index in [0.717, 1.165) is 12.0 Å². The third-order valence-corrected chi connectivity index (χ3v) is 5.08. The Bertz CT molecular complexity index is 601. The van der Waals surface area contributed by atoms with Crippen molar-refractivity contribution < 1.29 is 15.0 Å². The summed E-state index contributed by atoms with van der Waals surface area (Å²) in [5.41, 5.74) is 8.19. The highest BCUT2D eigenvalue weighted by Crippen LogP contribution is 2.49. The van der Waals surface area contributed by atoms with Crippen LogP contribution in [-0.4, -0.2) is 39.7 Å². The monoisotopic (exact) mass is 290 g/mol. The lowest BCUT2D eigenvalue weighted by molar-refractivity contribution is -0.142. The minimum atomic E-state index is -1.16. The molecule has 0 saturated carbocycles. The Labute approximate surface area is 124 Å². The van der Waals surface area contributed by atoms with E-state index in [1.807, 2.05) is 6.07 Å². The van der Waals surface area contributed by atoms with Crippen molar-refractivity contribution in [3.8, 4) is 5.75 Å². The molecule has 21 heavy (non-hydrogen) atoms. The second-order valence-corrected chi connectivity index (χ2v) is 6.56. The van der Waals surface area contributed by atoms with Crippen molar-refractivity contribution in [1.29, 1.82) is 0 Å². The molecule has 1 aromatic rings. The number of hydrogen-bond acceptors (Lipinski definition) is 4. The number of carbonyl (C=O) groups is 1. The molecule has 3 atom stereocenters. The first kappa shape index (κ1) is 14.4. The number of phenols is 1. The number of nitrogens with zero attached hydrogens (tertiary/aromatic N) is 1. The van der Waals surface area contributed by atoms with Gasteiger partial charge < -0.3 is 15.9 Å².